The van der Waals surface area contributed by atoms with E-state index in [-0.39, 0.29) is 17.2 Å². The van der Waals surface area contributed by atoms with Gasteiger partial charge >= 0.3 is 0 Å². The number of benzene rings is 1. The maximum absolute atomic E-state index is 13.5. The smallest absolute Gasteiger partial charge is 0.280 e. The summed E-state index contributed by atoms with van der Waals surface area (Å²) in [4.78, 5) is 21.3. The van der Waals surface area contributed by atoms with Gasteiger partial charge in [0.25, 0.3) is 10.0 Å². The van der Waals surface area contributed by atoms with Crippen molar-refractivity contribution in [3.05, 3.63) is 41.4 Å². The first kappa shape index (κ1) is 22.2. The number of rotatable bonds is 6. The van der Waals surface area contributed by atoms with Crippen molar-refractivity contribution in [3.63, 3.8) is 0 Å². The molecule has 0 saturated carbocycles. The van der Waals surface area contributed by atoms with Gasteiger partial charge in [0, 0.05) is 44.6 Å². The highest BCUT2D eigenvalue weighted by Gasteiger charge is 2.34. The minimum Gasteiger partial charge on any atom is -0.378 e. The number of morpholine rings is 1. The summed E-state index contributed by atoms with van der Waals surface area (Å²) >= 11 is 1.25. The van der Waals surface area contributed by atoms with Gasteiger partial charge in [0.2, 0.25) is 11.0 Å². The maximum Gasteiger partial charge on any atom is 0.280 e. The monoisotopic (exact) mass is 465 g/mol. The Morgan fingerprint density at radius 2 is 1.77 bits per heavy atom. The number of hydrazine groups is 1. The molecule has 2 aromatic rings. The Kier molecular flexibility index (Phi) is 6.87. The van der Waals surface area contributed by atoms with Crippen LogP contribution in [0.2, 0.25) is 0 Å². The summed E-state index contributed by atoms with van der Waals surface area (Å²) in [5.74, 6) is -0.0165. The summed E-state index contributed by atoms with van der Waals surface area (Å²) in [5.41, 5.74) is 0.582. The Morgan fingerprint density at radius 3 is 2.45 bits per heavy atom. The third-order valence-electron chi connectivity index (χ3n) is 5.40. The highest BCUT2D eigenvalue weighted by atomic mass is 32.2. The average Bonchev–Trinajstić information content (AvgIpc) is 3.24. The molecule has 0 radical (unpaired) electrons. The van der Waals surface area contributed by atoms with Gasteiger partial charge in [0.15, 0.2) is 0 Å². The van der Waals surface area contributed by atoms with E-state index in [0.717, 1.165) is 13.1 Å². The lowest BCUT2D eigenvalue weighted by Crippen LogP contribution is -2.55. The fourth-order valence-electron chi connectivity index (χ4n) is 3.59. The van der Waals surface area contributed by atoms with Crippen molar-refractivity contribution in [2.75, 3.05) is 63.9 Å². The van der Waals surface area contributed by atoms with Gasteiger partial charge in [-0.05, 0) is 19.2 Å². The van der Waals surface area contributed by atoms with Crippen molar-refractivity contribution in [2.24, 2.45) is 0 Å². The maximum atomic E-state index is 13.5. The lowest BCUT2D eigenvalue weighted by atomic mass is 10.3. The van der Waals surface area contributed by atoms with Crippen molar-refractivity contribution < 1.29 is 17.9 Å². The molecule has 0 unspecified atom stereocenters. The number of ether oxygens (including phenoxy) is 1. The van der Waals surface area contributed by atoms with E-state index in [2.05, 4.69) is 9.88 Å². The summed E-state index contributed by atoms with van der Waals surface area (Å²) in [6, 6.07) is 8.40. The Balaban J connectivity index is 1.59. The molecule has 2 saturated heterocycles. The van der Waals surface area contributed by atoms with Gasteiger partial charge in [-0.3, -0.25) is 4.79 Å². The third-order valence-corrected chi connectivity index (χ3v) is 8.11. The van der Waals surface area contributed by atoms with Crippen LogP contribution >= 0.6 is 11.3 Å². The summed E-state index contributed by atoms with van der Waals surface area (Å²) in [6.07, 6.45) is 0.151. The van der Waals surface area contributed by atoms with E-state index in [1.807, 2.05) is 12.1 Å². The molecule has 2 fully saturated rings. The Bertz CT molecular complexity index is 984. The summed E-state index contributed by atoms with van der Waals surface area (Å²) in [7, 11) is -1.81. The van der Waals surface area contributed by atoms with Crippen LogP contribution < -0.4 is 4.41 Å². The van der Waals surface area contributed by atoms with Crippen molar-refractivity contribution >= 4 is 32.4 Å². The molecule has 3 heterocycles. The zero-order valence-corrected chi connectivity index (χ0v) is 19.1. The van der Waals surface area contributed by atoms with Crippen molar-refractivity contribution in [1.29, 1.82) is 0 Å². The van der Waals surface area contributed by atoms with E-state index in [4.69, 9.17) is 4.74 Å². The van der Waals surface area contributed by atoms with Crippen LogP contribution in [0.4, 0.5) is 5.13 Å². The predicted octanol–water partition coefficient (Wildman–Crippen LogP) is 0.902. The fourth-order valence-corrected chi connectivity index (χ4v) is 6.18. The van der Waals surface area contributed by atoms with Crippen LogP contribution in [0, 0.1) is 0 Å². The molecule has 1 aromatic carbocycles. The van der Waals surface area contributed by atoms with Crippen LogP contribution in [-0.4, -0.2) is 93.6 Å². The highest BCUT2D eigenvalue weighted by molar-refractivity contribution is 7.93. The van der Waals surface area contributed by atoms with Gasteiger partial charge in [-0.15, -0.1) is 11.3 Å². The van der Waals surface area contributed by atoms with Crippen molar-refractivity contribution in [2.45, 2.75) is 11.3 Å². The van der Waals surface area contributed by atoms with Crippen LogP contribution in [-0.2, 0) is 26.0 Å². The number of piperazine rings is 1. The largest absolute Gasteiger partial charge is 0.378 e. The first-order valence-corrected chi connectivity index (χ1v) is 12.6. The number of amides is 1. The van der Waals surface area contributed by atoms with E-state index < -0.39 is 10.0 Å². The van der Waals surface area contributed by atoms with Crippen LogP contribution in [0.15, 0.2) is 40.6 Å². The molecule has 0 atom stereocenters. The van der Waals surface area contributed by atoms with Gasteiger partial charge in [0.05, 0.1) is 30.2 Å². The second-order valence-corrected chi connectivity index (χ2v) is 10.2. The molecule has 0 bridgehead atoms. The number of anilines is 1. The second-order valence-electron chi connectivity index (χ2n) is 7.61. The number of nitrogens with zero attached hydrogens (tertiary/aromatic N) is 5. The van der Waals surface area contributed by atoms with Crippen molar-refractivity contribution in [3.8, 4) is 0 Å². The van der Waals surface area contributed by atoms with E-state index in [1.165, 1.54) is 15.8 Å². The SMILES string of the molecule is CN1CCN(N(c2nc(CC(=O)N3CCOCC3)cs2)S(=O)(=O)c2ccccc2)CC1. The molecular formula is C20H27N5O4S2. The first-order valence-electron chi connectivity index (χ1n) is 10.3. The van der Waals surface area contributed by atoms with E-state index in [0.29, 0.717) is 50.2 Å². The van der Waals surface area contributed by atoms with Crippen LogP contribution in [0.5, 0.6) is 0 Å². The van der Waals surface area contributed by atoms with E-state index >= 15 is 0 Å². The van der Waals surface area contributed by atoms with Crippen LogP contribution in [0.3, 0.4) is 0 Å². The van der Waals surface area contributed by atoms with Crippen LogP contribution in [0.1, 0.15) is 5.69 Å². The molecule has 11 heteroatoms. The molecule has 0 N–H and O–H groups in total. The fraction of sp³-hybridized carbons (Fsp3) is 0.500. The van der Waals surface area contributed by atoms with Gasteiger partial charge in [-0.2, -0.15) is 12.8 Å². The van der Waals surface area contributed by atoms with Gasteiger partial charge in [0.1, 0.15) is 0 Å². The number of carbonyl (C=O) groups is 1. The minimum atomic E-state index is -3.83. The van der Waals surface area contributed by atoms with Gasteiger partial charge < -0.3 is 14.5 Å². The molecule has 0 aliphatic carbocycles. The summed E-state index contributed by atoms with van der Waals surface area (Å²) in [5, 5.41) is 3.96. The zero-order valence-electron chi connectivity index (χ0n) is 17.5. The quantitative estimate of drug-likeness (QED) is 0.627. The zero-order chi connectivity index (χ0) is 21.8. The topological polar surface area (TPSA) is 86.3 Å². The number of sulfonamides is 1. The van der Waals surface area contributed by atoms with Gasteiger partial charge in [-0.1, -0.05) is 18.2 Å². The molecule has 168 valence electrons. The lowest BCUT2D eigenvalue weighted by molar-refractivity contribution is -0.134. The van der Waals surface area contributed by atoms with E-state index in [1.54, 1.807) is 40.6 Å². The minimum absolute atomic E-state index is 0.0165. The molecule has 1 aromatic heterocycles. The van der Waals surface area contributed by atoms with E-state index in [9.17, 15) is 13.2 Å². The molecular weight excluding hydrogens is 438 g/mol. The molecule has 1 amide bonds. The molecule has 2 aliphatic heterocycles. The summed E-state index contributed by atoms with van der Waals surface area (Å²) < 4.78 is 33.7. The number of hydrogen-bond donors (Lipinski definition) is 0. The molecule has 0 spiro atoms. The van der Waals surface area contributed by atoms with Gasteiger partial charge in [-0.25, -0.2) is 9.99 Å². The molecule has 2 aliphatic rings. The average molecular weight is 466 g/mol. The number of carbonyl (C=O) groups excluding carboxylic acids is 1. The molecule has 31 heavy (non-hydrogen) atoms. The number of likely N-dealkylation sites (N-methyl/N-ethyl adjacent to an activating group) is 1. The Morgan fingerprint density at radius 1 is 1.10 bits per heavy atom. The normalized spacial score (nSPS) is 18.8. The number of hydrogen-bond acceptors (Lipinski definition) is 8. The third kappa shape index (κ3) is 5.07. The molecule has 4 rings (SSSR count). The second kappa shape index (κ2) is 9.61. The van der Waals surface area contributed by atoms with Crippen LogP contribution in [0.25, 0.3) is 0 Å². The predicted molar refractivity (Wildman–Crippen MR) is 118 cm³/mol. The Labute approximate surface area is 186 Å². The molecule has 9 nitrogen and oxygen atoms in total. The lowest BCUT2D eigenvalue weighted by Gasteiger charge is -2.38. The van der Waals surface area contributed by atoms with Crippen molar-refractivity contribution in [1.82, 2.24) is 19.8 Å². The highest BCUT2D eigenvalue weighted by Crippen LogP contribution is 2.29. The number of thiazole rings is 1. The standard InChI is InChI=1S/C20H27N5O4S2/c1-22-7-9-24(10-8-22)25(31(27,28)18-5-3-2-4-6-18)20-21-17(16-30-20)15-19(26)23-11-13-29-14-12-23/h2-6,16H,7-15H2,1H3. The Hall–Kier alpha value is -2.05. The number of aromatic nitrogens is 1. The summed E-state index contributed by atoms with van der Waals surface area (Å²) in [6.45, 7) is 4.90. The first-order chi connectivity index (χ1) is 14.9.